The Morgan fingerprint density at radius 2 is 2.27 bits per heavy atom. The van der Waals surface area contributed by atoms with E-state index >= 15 is 0 Å². The third-order valence-electron chi connectivity index (χ3n) is 5.44. The molecule has 5 nitrogen and oxygen atoms in total. The molecule has 1 saturated heterocycles. The highest BCUT2D eigenvalue weighted by Crippen LogP contribution is 2.46. The highest BCUT2D eigenvalue weighted by molar-refractivity contribution is 7.11. The summed E-state index contributed by atoms with van der Waals surface area (Å²) in [5.74, 6) is -0.459. The lowest BCUT2D eigenvalue weighted by Crippen LogP contribution is -2.45. The summed E-state index contributed by atoms with van der Waals surface area (Å²) in [5.41, 5.74) is 0.159. The van der Waals surface area contributed by atoms with Gasteiger partial charge in [0.25, 0.3) is 5.91 Å². The number of anilines is 1. The Hall–Kier alpha value is -2.28. The molecule has 1 aromatic carbocycles. The molecule has 2 fully saturated rings. The van der Waals surface area contributed by atoms with Gasteiger partial charge in [-0.05, 0) is 43.9 Å². The van der Waals surface area contributed by atoms with E-state index in [4.69, 9.17) is 0 Å². The van der Waals surface area contributed by atoms with Crippen LogP contribution in [0, 0.1) is 11.2 Å². The van der Waals surface area contributed by atoms with Crippen LogP contribution in [0.1, 0.15) is 41.9 Å². The molecule has 2 aromatic rings. The van der Waals surface area contributed by atoms with E-state index < -0.39 is 5.41 Å². The first-order valence-electron chi connectivity index (χ1n) is 8.85. The fourth-order valence-corrected chi connectivity index (χ4v) is 4.74. The molecule has 1 aliphatic heterocycles. The van der Waals surface area contributed by atoms with Gasteiger partial charge in [-0.1, -0.05) is 12.5 Å². The average molecular weight is 373 g/mol. The van der Waals surface area contributed by atoms with Crippen molar-refractivity contribution >= 4 is 28.8 Å². The van der Waals surface area contributed by atoms with E-state index in [9.17, 15) is 14.0 Å². The number of carbonyl (C=O) groups is 2. The molecule has 0 radical (unpaired) electrons. The van der Waals surface area contributed by atoms with E-state index in [-0.39, 0.29) is 23.7 Å². The fourth-order valence-electron chi connectivity index (χ4n) is 4.20. The van der Waals surface area contributed by atoms with Crippen LogP contribution in [0.3, 0.4) is 0 Å². The van der Waals surface area contributed by atoms with Crippen molar-refractivity contribution in [3.63, 3.8) is 0 Å². The topological polar surface area (TPSA) is 62.3 Å². The van der Waals surface area contributed by atoms with Gasteiger partial charge in [0, 0.05) is 29.9 Å². The lowest BCUT2D eigenvalue weighted by molar-refractivity contribution is -0.127. The van der Waals surface area contributed by atoms with Crippen LogP contribution in [0.2, 0.25) is 0 Å². The highest BCUT2D eigenvalue weighted by Gasteiger charge is 2.49. The van der Waals surface area contributed by atoms with Crippen molar-refractivity contribution in [2.24, 2.45) is 5.41 Å². The molecule has 1 N–H and O–H groups in total. The Morgan fingerprint density at radius 3 is 3.04 bits per heavy atom. The largest absolute Gasteiger partial charge is 0.347 e. The molecule has 2 aliphatic rings. The van der Waals surface area contributed by atoms with Crippen molar-refractivity contribution in [1.29, 1.82) is 0 Å². The smallest absolute Gasteiger partial charge is 0.280 e. The van der Waals surface area contributed by atoms with Gasteiger partial charge in [-0.25, -0.2) is 9.37 Å². The van der Waals surface area contributed by atoms with Gasteiger partial charge in [0.15, 0.2) is 5.01 Å². The summed E-state index contributed by atoms with van der Waals surface area (Å²) in [7, 11) is 0. The Bertz CT molecular complexity index is 826. The second-order valence-corrected chi connectivity index (χ2v) is 7.97. The van der Waals surface area contributed by atoms with Gasteiger partial charge in [-0.15, -0.1) is 11.3 Å². The quantitative estimate of drug-likeness (QED) is 0.897. The number of amides is 2. The van der Waals surface area contributed by atoms with Crippen LogP contribution in [0.4, 0.5) is 10.1 Å². The average Bonchev–Trinajstić information content (AvgIpc) is 3.26. The molecule has 2 atom stereocenters. The maximum absolute atomic E-state index is 13.5. The van der Waals surface area contributed by atoms with Gasteiger partial charge in [-0.3, -0.25) is 9.59 Å². The molecule has 4 rings (SSSR count). The number of hydrogen-bond acceptors (Lipinski definition) is 4. The molecule has 26 heavy (non-hydrogen) atoms. The first kappa shape index (κ1) is 17.1. The third kappa shape index (κ3) is 3.11. The SMILES string of the molecule is O=C(NC1CCCC2(CCN(c3cccc(F)c3)C2=O)C1)c1nccs1. The molecule has 2 amide bonds. The molecule has 1 aromatic heterocycles. The van der Waals surface area contributed by atoms with Crippen molar-refractivity contribution in [1.82, 2.24) is 10.3 Å². The summed E-state index contributed by atoms with van der Waals surface area (Å²) in [6.45, 7) is 0.593. The van der Waals surface area contributed by atoms with Gasteiger partial charge in [0.1, 0.15) is 5.82 Å². The van der Waals surface area contributed by atoms with Crippen LogP contribution in [-0.4, -0.2) is 29.4 Å². The van der Waals surface area contributed by atoms with Crippen LogP contribution in [0.5, 0.6) is 0 Å². The van der Waals surface area contributed by atoms with Gasteiger partial charge in [-0.2, -0.15) is 0 Å². The van der Waals surface area contributed by atoms with Crippen LogP contribution in [-0.2, 0) is 4.79 Å². The minimum Gasteiger partial charge on any atom is -0.347 e. The summed E-state index contributed by atoms with van der Waals surface area (Å²) < 4.78 is 13.5. The predicted molar refractivity (Wildman–Crippen MR) is 97.6 cm³/mol. The second-order valence-electron chi connectivity index (χ2n) is 7.07. The number of carbonyl (C=O) groups excluding carboxylic acids is 2. The number of halogens is 1. The lowest BCUT2D eigenvalue weighted by atomic mass is 9.71. The Labute approximate surface area is 155 Å². The lowest BCUT2D eigenvalue weighted by Gasteiger charge is -2.36. The van der Waals surface area contributed by atoms with E-state index in [1.807, 2.05) is 0 Å². The maximum Gasteiger partial charge on any atom is 0.280 e. The van der Waals surface area contributed by atoms with Crippen LogP contribution in [0.25, 0.3) is 0 Å². The molecule has 1 spiro atoms. The molecule has 2 heterocycles. The number of rotatable bonds is 3. The van der Waals surface area contributed by atoms with E-state index in [1.54, 1.807) is 28.6 Å². The van der Waals surface area contributed by atoms with Gasteiger partial charge in [0.2, 0.25) is 5.91 Å². The Morgan fingerprint density at radius 1 is 1.38 bits per heavy atom. The zero-order valence-corrected chi connectivity index (χ0v) is 15.1. The van der Waals surface area contributed by atoms with Crippen molar-refractivity contribution in [2.45, 2.75) is 38.1 Å². The standard InChI is InChI=1S/C19H20FN3O2S/c20-13-3-1-5-15(11-13)23-9-7-19(18(23)25)6-2-4-14(12-19)22-16(24)17-21-8-10-26-17/h1,3,5,8,10-11,14H,2,4,6-7,9,12H2,(H,22,24). The van der Waals surface area contributed by atoms with Crippen molar-refractivity contribution < 1.29 is 14.0 Å². The molecule has 7 heteroatoms. The molecule has 2 unspecified atom stereocenters. The summed E-state index contributed by atoms with van der Waals surface area (Å²) in [6.07, 6.45) is 5.57. The van der Waals surface area contributed by atoms with Crippen molar-refractivity contribution in [2.75, 3.05) is 11.4 Å². The first-order chi connectivity index (χ1) is 12.6. The normalized spacial score (nSPS) is 25.7. The molecule has 0 bridgehead atoms. The van der Waals surface area contributed by atoms with Gasteiger partial charge in [0.05, 0.1) is 5.41 Å². The summed E-state index contributed by atoms with van der Waals surface area (Å²) >= 11 is 1.31. The number of nitrogens with one attached hydrogen (secondary N) is 1. The zero-order valence-electron chi connectivity index (χ0n) is 14.3. The number of thiazole rings is 1. The van der Waals surface area contributed by atoms with Crippen LogP contribution in [0.15, 0.2) is 35.8 Å². The molecular weight excluding hydrogens is 353 g/mol. The van der Waals surface area contributed by atoms with Crippen LogP contribution >= 0.6 is 11.3 Å². The highest BCUT2D eigenvalue weighted by atomic mass is 32.1. The van der Waals surface area contributed by atoms with E-state index in [2.05, 4.69) is 10.3 Å². The molecular formula is C19H20FN3O2S. The van der Waals surface area contributed by atoms with E-state index in [1.165, 1.54) is 23.5 Å². The van der Waals surface area contributed by atoms with Crippen molar-refractivity contribution in [3.05, 3.63) is 46.7 Å². The van der Waals surface area contributed by atoms with Gasteiger partial charge >= 0.3 is 0 Å². The van der Waals surface area contributed by atoms with Gasteiger partial charge < -0.3 is 10.2 Å². The second kappa shape index (κ2) is 6.79. The van der Waals surface area contributed by atoms with E-state index in [0.717, 1.165) is 25.7 Å². The molecule has 1 saturated carbocycles. The maximum atomic E-state index is 13.5. The van der Waals surface area contributed by atoms with Crippen molar-refractivity contribution in [3.8, 4) is 0 Å². The molecule has 1 aliphatic carbocycles. The third-order valence-corrected chi connectivity index (χ3v) is 6.21. The fraction of sp³-hybridized carbons (Fsp3) is 0.421. The number of aromatic nitrogens is 1. The molecule has 136 valence electrons. The summed E-state index contributed by atoms with van der Waals surface area (Å²) in [6, 6.07) is 6.15. The monoisotopic (exact) mass is 373 g/mol. The first-order valence-corrected chi connectivity index (χ1v) is 9.73. The minimum atomic E-state index is -0.453. The van der Waals surface area contributed by atoms with E-state index in [0.29, 0.717) is 23.7 Å². The number of benzene rings is 1. The summed E-state index contributed by atoms with van der Waals surface area (Å²) in [4.78, 5) is 31.1. The minimum absolute atomic E-state index is 0.0310. The predicted octanol–water partition coefficient (Wildman–Crippen LogP) is 3.38. The number of nitrogens with zero attached hydrogens (tertiary/aromatic N) is 2. The number of hydrogen-bond donors (Lipinski definition) is 1. The summed E-state index contributed by atoms with van der Waals surface area (Å²) in [5, 5.41) is 5.26. The Balaban J connectivity index is 1.48. The zero-order chi connectivity index (χ0) is 18.1. The Kier molecular flexibility index (Phi) is 4.48. The van der Waals surface area contributed by atoms with Crippen LogP contribution < -0.4 is 10.2 Å².